The molecule has 0 saturated carbocycles. The molecule has 2 heterocycles. The lowest BCUT2D eigenvalue weighted by molar-refractivity contribution is -0.146. The van der Waals surface area contributed by atoms with E-state index >= 15 is 0 Å². The molecule has 0 amide bonds. The molecule has 0 N–H and O–H groups in total. The van der Waals surface area contributed by atoms with Crippen LogP contribution in [0.15, 0.2) is 40.8 Å². The second-order valence-corrected chi connectivity index (χ2v) is 8.36. The fourth-order valence-corrected chi connectivity index (χ4v) is 4.24. The lowest BCUT2D eigenvalue weighted by Gasteiger charge is -2.31. The van der Waals surface area contributed by atoms with Gasteiger partial charge in [-0.3, -0.25) is 14.8 Å². The summed E-state index contributed by atoms with van der Waals surface area (Å²) in [6.45, 7) is 8.23. The van der Waals surface area contributed by atoms with Crippen molar-refractivity contribution in [2.75, 3.05) is 13.2 Å². The van der Waals surface area contributed by atoms with Crippen LogP contribution in [0.2, 0.25) is 0 Å². The average Bonchev–Trinajstić information content (AvgIpc) is 2.78. The molecular weight excluding hydrogens is 404 g/mol. The predicted molar refractivity (Wildman–Crippen MR) is 126 cm³/mol. The number of aromatic nitrogens is 1. The molecule has 0 bridgehead atoms. The van der Waals surface area contributed by atoms with Gasteiger partial charge in [0.05, 0.1) is 18.8 Å². The van der Waals surface area contributed by atoms with Crippen LogP contribution in [0.3, 0.4) is 0 Å². The Balaban J connectivity index is 2.07. The number of rotatable bonds is 13. The van der Waals surface area contributed by atoms with Crippen LogP contribution < -0.4 is 0 Å². The molecule has 2 rings (SSSR count). The first-order valence-electron chi connectivity index (χ1n) is 12.0. The van der Waals surface area contributed by atoms with E-state index in [2.05, 4.69) is 16.9 Å². The van der Waals surface area contributed by atoms with Gasteiger partial charge in [-0.25, -0.2) is 4.79 Å². The SMILES string of the molecule is CCCCCCCCCCOC(=O)C1=C(C)N=C(C)C(C(=O)OCC)C1c1cccnc1. The van der Waals surface area contributed by atoms with Crippen LogP contribution in [-0.2, 0) is 19.1 Å². The Morgan fingerprint density at radius 1 is 0.969 bits per heavy atom. The van der Waals surface area contributed by atoms with Gasteiger partial charge in [0.25, 0.3) is 0 Å². The van der Waals surface area contributed by atoms with Gasteiger partial charge in [0.1, 0.15) is 5.92 Å². The molecule has 2 atom stereocenters. The third kappa shape index (κ3) is 7.28. The normalized spacial score (nSPS) is 18.3. The van der Waals surface area contributed by atoms with Crippen LogP contribution in [0, 0.1) is 5.92 Å². The van der Waals surface area contributed by atoms with E-state index in [1.165, 1.54) is 32.1 Å². The predicted octanol–water partition coefficient (Wildman–Crippen LogP) is 5.78. The molecule has 0 fully saturated rings. The van der Waals surface area contributed by atoms with Crippen LogP contribution in [-0.4, -0.2) is 35.8 Å². The zero-order chi connectivity index (χ0) is 23.3. The van der Waals surface area contributed by atoms with E-state index in [1.807, 2.05) is 6.07 Å². The van der Waals surface area contributed by atoms with Gasteiger partial charge < -0.3 is 9.47 Å². The Morgan fingerprint density at radius 3 is 2.28 bits per heavy atom. The zero-order valence-electron chi connectivity index (χ0n) is 20.1. The van der Waals surface area contributed by atoms with Crippen molar-refractivity contribution >= 4 is 17.7 Å². The van der Waals surface area contributed by atoms with Gasteiger partial charge in [-0.05, 0) is 38.8 Å². The number of carbonyl (C=O) groups is 2. The minimum atomic E-state index is -0.673. The van der Waals surface area contributed by atoms with Crippen molar-refractivity contribution in [3.63, 3.8) is 0 Å². The minimum Gasteiger partial charge on any atom is -0.465 e. The number of ether oxygens (including phenoxy) is 2. The van der Waals surface area contributed by atoms with Crippen LogP contribution in [0.4, 0.5) is 0 Å². The summed E-state index contributed by atoms with van der Waals surface area (Å²) < 4.78 is 10.9. The van der Waals surface area contributed by atoms with Crippen LogP contribution in [0.1, 0.15) is 90.5 Å². The number of carbonyl (C=O) groups excluding carboxylic acids is 2. The molecule has 176 valence electrons. The monoisotopic (exact) mass is 442 g/mol. The number of hydrogen-bond acceptors (Lipinski definition) is 6. The van der Waals surface area contributed by atoms with Crippen LogP contribution >= 0.6 is 0 Å². The maximum absolute atomic E-state index is 13.1. The third-order valence-electron chi connectivity index (χ3n) is 5.86. The Labute approximate surface area is 192 Å². The van der Waals surface area contributed by atoms with E-state index in [1.54, 1.807) is 39.2 Å². The smallest absolute Gasteiger partial charge is 0.336 e. The molecule has 2 unspecified atom stereocenters. The molecule has 0 radical (unpaired) electrons. The highest BCUT2D eigenvalue weighted by Crippen LogP contribution is 2.39. The molecule has 0 spiro atoms. The van der Waals surface area contributed by atoms with Gasteiger partial charge in [-0.2, -0.15) is 0 Å². The number of unbranched alkanes of at least 4 members (excludes halogenated alkanes) is 7. The van der Waals surface area contributed by atoms with E-state index in [-0.39, 0.29) is 12.6 Å². The number of aliphatic imine (C=N–C) groups is 1. The molecule has 6 heteroatoms. The average molecular weight is 443 g/mol. The van der Waals surface area contributed by atoms with Crippen molar-refractivity contribution in [3.8, 4) is 0 Å². The highest BCUT2D eigenvalue weighted by Gasteiger charge is 2.42. The Kier molecular flexibility index (Phi) is 11.1. The summed E-state index contributed by atoms with van der Waals surface area (Å²) in [5, 5.41) is 0. The van der Waals surface area contributed by atoms with Gasteiger partial charge in [0, 0.05) is 29.7 Å². The Bertz CT molecular complexity index is 801. The topological polar surface area (TPSA) is 77.8 Å². The molecule has 6 nitrogen and oxygen atoms in total. The van der Waals surface area contributed by atoms with Crippen LogP contribution in [0.5, 0.6) is 0 Å². The summed E-state index contributed by atoms with van der Waals surface area (Å²) in [4.78, 5) is 34.6. The summed E-state index contributed by atoms with van der Waals surface area (Å²) in [6, 6.07) is 3.68. The van der Waals surface area contributed by atoms with Crippen molar-refractivity contribution in [3.05, 3.63) is 41.4 Å². The van der Waals surface area contributed by atoms with Crippen molar-refractivity contribution in [2.45, 2.75) is 85.0 Å². The summed E-state index contributed by atoms with van der Waals surface area (Å²) in [5.41, 5.74) is 2.41. The minimum absolute atomic E-state index is 0.267. The second kappa shape index (κ2) is 13.8. The molecule has 0 aliphatic carbocycles. The van der Waals surface area contributed by atoms with Crippen molar-refractivity contribution in [1.29, 1.82) is 0 Å². The number of pyridine rings is 1. The second-order valence-electron chi connectivity index (χ2n) is 8.36. The Hall–Kier alpha value is -2.50. The molecule has 1 aliphatic rings. The highest BCUT2D eigenvalue weighted by molar-refractivity contribution is 6.06. The lowest BCUT2D eigenvalue weighted by atomic mass is 9.76. The lowest BCUT2D eigenvalue weighted by Crippen LogP contribution is -2.36. The van der Waals surface area contributed by atoms with Crippen LogP contribution in [0.25, 0.3) is 0 Å². The Morgan fingerprint density at radius 2 is 1.66 bits per heavy atom. The number of nitrogens with zero attached hydrogens (tertiary/aromatic N) is 2. The third-order valence-corrected chi connectivity index (χ3v) is 5.86. The largest absolute Gasteiger partial charge is 0.465 e. The molecule has 0 saturated heterocycles. The van der Waals surface area contributed by atoms with E-state index in [0.717, 1.165) is 24.8 Å². The van der Waals surface area contributed by atoms with Gasteiger partial charge in [-0.1, -0.05) is 57.9 Å². The molecule has 1 aliphatic heterocycles. The first kappa shape index (κ1) is 25.8. The standard InChI is InChI=1S/C26H38N2O4/c1-5-7-8-9-10-11-12-13-17-32-26(30)23-20(4)28-19(3)22(25(29)31-6-2)24(23)21-15-14-16-27-18-21/h14-16,18,22,24H,5-13,17H2,1-4H3. The molecule has 0 aromatic carbocycles. The fraction of sp³-hybridized carbons (Fsp3) is 0.615. The first-order chi connectivity index (χ1) is 15.5. The maximum atomic E-state index is 13.1. The van der Waals surface area contributed by atoms with Crippen molar-refractivity contribution in [1.82, 2.24) is 4.98 Å². The summed E-state index contributed by atoms with van der Waals surface area (Å²) in [7, 11) is 0. The van der Waals surface area contributed by atoms with Gasteiger partial charge >= 0.3 is 11.9 Å². The summed E-state index contributed by atoms with van der Waals surface area (Å²) in [5.74, 6) is -1.99. The summed E-state index contributed by atoms with van der Waals surface area (Å²) >= 11 is 0. The van der Waals surface area contributed by atoms with E-state index in [0.29, 0.717) is 23.6 Å². The maximum Gasteiger partial charge on any atom is 0.336 e. The number of hydrogen-bond donors (Lipinski definition) is 0. The molecule has 32 heavy (non-hydrogen) atoms. The molecule has 1 aromatic rings. The van der Waals surface area contributed by atoms with Crippen molar-refractivity contribution in [2.24, 2.45) is 10.9 Å². The van der Waals surface area contributed by atoms with Gasteiger partial charge in [0.2, 0.25) is 0 Å². The highest BCUT2D eigenvalue weighted by atomic mass is 16.5. The number of allylic oxidation sites excluding steroid dienone is 1. The van der Waals surface area contributed by atoms with E-state index < -0.39 is 17.8 Å². The first-order valence-corrected chi connectivity index (χ1v) is 12.0. The summed E-state index contributed by atoms with van der Waals surface area (Å²) in [6.07, 6.45) is 12.8. The quantitative estimate of drug-likeness (QED) is 0.286. The number of esters is 2. The van der Waals surface area contributed by atoms with Gasteiger partial charge in [-0.15, -0.1) is 0 Å². The van der Waals surface area contributed by atoms with Gasteiger partial charge in [0.15, 0.2) is 0 Å². The van der Waals surface area contributed by atoms with E-state index in [4.69, 9.17) is 9.47 Å². The molecular formula is C26H38N2O4. The van der Waals surface area contributed by atoms with E-state index in [9.17, 15) is 9.59 Å². The molecule has 1 aromatic heterocycles. The zero-order valence-corrected chi connectivity index (χ0v) is 20.1. The fourth-order valence-electron chi connectivity index (χ4n) is 4.24. The van der Waals surface area contributed by atoms with Crippen molar-refractivity contribution < 1.29 is 19.1 Å².